The second-order valence-electron chi connectivity index (χ2n) is 6.55. The average molecular weight is 301 g/mol. The zero-order valence-corrected chi connectivity index (χ0v) is 12.0. The Kier molecular flexibility index (Phi) is 3.63. The van der Waals surface area contributed by atoms with Gasteiger partial charge in [-0.25, -0.2) is 8.78 Å². The van der Waals surface area contributed by atoms with Crippen LogP contribution in [0, 0.1) is 5.41 Å². The third-order valence-corrected chi connectivity index (χ3v) is 4.77. The molecule has 0 bridgehead atoms. The number of nitrogens with zero attached hydrogens (tertiary/aromatic N) is 2. The number of hydrogen-bond acceptors (Lipinski definition) is 3. The minimum atomic E-state index is -2.91. The average Bonchev–Trinajstić information content (AvgIpc) is 2.99. The molecule has 1 spiro atoms. The Labute approximate surface area is 122 Å². The lowest BCUT2D eigenvalue weighted by molar-refractivity contribution is -0.152. The molecule has 3 heterocycles. The summed E-state index contributed by atoms with van der Waals surface area (Å²) in [5, 5.41) is 2.65. The highest BCUT2D eigenvalue weighted by molar-refractivity contribution is 5.85. The van der Waals surface area contributed by atoms with E-state index in [0.717, 1.165) is 12.8 Å². The predicted molar refractivity (Wildman–Crippen MR) is 71.9 cm³/mol. The van der Waals surface area contributed by atoms with E-state index in [4.69, 9.17) is 0 Å². The molecule has 0 aromatic rings. The number of carbonyl (C=O) groups excluding carboxylic acids is 2. The topological polar surface area (TPSA) is 52.7 Å². The van der Waals surface area contributed by atoms with Gasteiger partial charge in [0.05, 0.1) is 18.5 Å². The molecule has 1 N–H and O–H groups in total. The monoisotopic (exact) mass is 301 g/mol. The number of halogens is 2. The minimum absolute atomic E-state index is 0.00931. The van der Waals surface area contributed by atoms with Crippen molar-refractivity contribution in [3.05, 3.63) is 0 Å². The van der Waals surface area contributed by atoms with Crippen LogP contribution in [0.5, 0.6) is 0 Å². The molecule has 0 radical (unpaired) electrons. The lowest BCUT2D eigenvalue weighted by Crippen LogP contribution is -2.57. The second-order valence-corrected chi connectivity index (χ2v) is 6.55. The van der Waals surface area contributed by atoms with Crippen molar-refractivity contribution in [2.45, 2.75) is 31.6 Å². The van der Waals surface area contributed by atoms with Crippen molar-refractivity contribution in [2.75, 3.05) is 39.3 Å². The van der Waals surface area contributed by atoms with Crippen LogP contribution in [0.3, 0.4) is 0 Å². The number of alkyl halides is 2. The van der Waals surface area contributed by atoms with Crippen LogP contribution in [0.25, 0.3) is 0 Å². The molecule has 3 aliphatic heterocycles. The van der Waals surface area contributed by atoms with Crippen LogP contribution in [0.4, 0.5) is 8.78 Å². The number of rotatable bonds is 2. The van der Waals surface area contributed by atoms with Crippen LogP contribution in [-0.4, -0.2) is 66.8 Å². The van der Waals surface area contributed by atoms with Crippen molar-refractivity contribution in [1.29, 1.82) is 0 Å². The van der Waals surface area contributed by atoms with Crippen LogP contribution < -0.4 is 5.32 Å². The van der Waals surface area contributed by atoms with E-state index in [1.54, 1.807) is 4.90 Å². The fourth-order valence-corrected chi connectivity index (χ4v) is 3.82. The summed E-state index contributed by atoms with van der Waals surface area (Å²) >= 11 is 0. The maximum absolute atomic E-state index is 14.0. The number of carbonyl (C=O) groups is 2. The quantitative estimate of drug-likeness (QED) is 0.806. The lowest BCUT2D eigenvalue weighted by atomic mass is 9.77. The Bertz CT molecular complexity index is 452. The molecule has 0 saturated carbocycles. The summed E-state index contributed by atoms with van der Waals surface area (Å²) in [6, 6.07) is 0. The molecule has 3 rings (SSSR count). The van der Waals surface area contributed by atoms with Gasteiger partial charge in [-0.3, -0.25) is 14.5 Å². The first-order valence-electron chi connectivity index (χ1n) is 7.57. The summed E-state index contributed by atoms with van der Waals surface area (Å²) in [6.07, 6.45) is 1.98. The van der Waals surface area contributed by atoms with E-state index in [1.807, 2.05) is 0 Å². The largest absolute Gasteiger partial charge is 0.356 e. The molecule has 0 unspecified atom stereocenters. The van der Waals surface area contributed by atoms with E-state index < -0.39 is 24.3 Å². The van der Waals surface area contributed by atoms with Gasteiger partial charge in [-0.15, -0.1) is 0 Å². The number of piperidine rings is 1. The predicted octanol–water partition coefficient (Wildman–Crippen LogP) is 0.456. The Balaban J connectivity index is 1.70. The Hall–Kier alpha value is -1.24. The van der Waals surface area contributed by atoms with E-state index >= 15 is 0 Å². The lowest BCUT2D eigenvalue weighted by Gasteiger charge is -2.42. The summed E-state index contributed by atoms with van der Waals surface area (Å²) in [4.78, 5) is 27.3. The third-order valence-electron chi connectivity index (χ3n) is 4.77. The SMILES string of the molecule is O=C(CN1CC(F)(F)C[C@]2(CCNC2=O)C1)N1CCCC1. The Morgan fingerprint density at radius 3 is 2.57 bits per heavy atom. The fraction of sp³-hybridized carbons (Fsp3) is 0.857. The normalized spacial score (nSPS) is 32.7. The van der Waals surface area contributed by atoms with E-state index in [0.29, 0.717) is 26.1 Å². The van der Waals surface area contributed by atoms with Gasteiger partial charge in [-0.1, -0.05) is 0 Å². The van der Waals surface area contributed by atoms with Crippen molar-refractivity contribution in [3.8, 4) is 0 Å². The minimum Gasteiger partial charge on any atom is -0.356 e. The first-order chi connectivity index (χ1) is 9.90. The van der Waals surface area contributed by atoms with Gasteiger partial charge in [0.15, 0.2) is 0 Å². The van der Waals surface area contributed by atoms with Crippen LogP contribution in [0.15, 0.2) is 0 Å². The molecule has 3 fully saturated rings. The first kappa shape index (κ1) is 14.7. The summed E-state index contributed by atoms with van der Waals surface area (Å²) in [5.74, 6) is -3.30. The van der Waals surface area contributed by atoms with Crippen molar-refractivity contribution in [2.24, 2.45) is 5.41 Å². The molecule has 21 heavy (non-hydrogen) atoms. The summed E-state index contributed by atoms with van der Waals surface area (Å²) in [7, 11) is 0. The van der Waals surface area contributed by atoms with Gasteiger partial charge in [0.1, 0.15) is 0 Å². The maximum Gasteiger partial charge on any atom is 0.261 e. The van der Waals surface area contributed by atoms with Crippen LogP contribution >= 0.6 is 0 Å². The van der Waals surface area contributed by atoms with Gasteiger partial charge in [-0.2, -0.15) is 0 Å². The van der Waals surface area contributed by atoms with Gasteiger partial charge >= 0.3 is 0 Å². The van der Waals surface area contributed by atoms with E-state index in [-0.39, 0.29) is 24.9 Å². The first-order valence-corrected chi connectivity index (χ1v) is 7.57. The maximum atomic E-state index is 14.0. The molecule has 0 aromatic carbocycles. The zero-order chi connectivity index (χ0) is 15.1. The van der Waals surface area contributed by atoms with Crippen LogP contribution in [0.1, 0.15) is 25.7 Å². The Morgan fingerprint density at radius 2 is 1.95 bits per heavy atom. The fourth-order valence-electron chi connectivity index (χ4n) is 3.82. The molecule has 0 aromatic heterocycles. The second kappa shape index (κ2) is 5.19. The van der Waals surface area contributed by atoms with Gasteiger partial charge in [0.2, 0.25) is 11.8 Å². The zero-order valence-electron chi connectivity index (χ0n) is 12.0. The van der Waals surface area contributed by atoms with Gasteiger partial charge in [-0.05, 0) is 19.3 Å². The van der Waals surface area contributed by atoms with E-state index in [9.17, 15) is 18.4 Å². The van der Waals surface area contributed by atoms with Crippen molar-refractivity contribution < 1.29 is 18.4 Å². The van der Waals surface area contributed by atoms with Gasteiger partial charge < -0.3 is 10.2 Å². The summed E-state index contributed by atoms with van der Waals surface area (Å²) < 4.78 is 28.0. The molecular weight excluding hydrogens is 280 g/mol. The van der Waals surface area contributed by atoms with Crippen molar-refractivity contribution >= 4 is 11.8 Å². The third kappa shape index (κ3) is 2.88. The molecule has 5 nitrogen and oxygen atoms in total. The molecule has 1 atom stereocenters. The molecule has 3 aliphatic rings. The molecule has 118 valence electrons. The molecule has 0 aliphatic carbocycles. The van der Waals surface area contributed by atoms with E-state index in [2.05, 4.69) is 5.32 Å². The highest BCUT2D eigenvalue weighted by Crippen LogP contribution is 2.43. The summed E-state index contributed by atoms with van der Waals surface area (Å²) in [6.45, 7) is 1.70. The molecular formula is C14H21F2N3O2. The molecule has 2 amide bonds. The molecule has 3 saturated heterocycles. The smallest absolute Gasteiger partial charge is 0.261 e. The number of hydrogen-bond donors (Lipinski definition) is 1. The number of nitrogens with one attached hydrogen (secondary N) is 1. The molecule has 7 heteroatoms. The van der Waals surface area contributed by atoms with Crippen molar-refractivity contribution in [3.63, 3.8) is 0 Å². The van der Waals surface area contributed by atoms with E-state index in [1.165, 1.54) is 4.90 Å². The number of amides is 2. The standard InChI is InChI=1S/C14H21F2N3O2/c15-14(16)8-13(3-4-17-12(13)21)9-18(10-14)7-11(20)19-5-1-2-6-19/h1-10H2,(H,17,21)/t13-/m1/s1. The van der Waals surface area contributed by atoms with Crippen LogP contribution in [0.2, 0.25) is 0 Å². The summed E-state index contributed by atoms with van der Waals surface area (Å²) in [5.41, 5.74) is -1.02. The number of likely N-dealkylation sites (tertiary alicyclic amines) is 2. The van der Waals surface area contributed by atoms with Gasteiger partial charge in [0.25, 0.3) is 5.92 Å². The highest BCUT2D eigenvalue weighted by Gasteiger charge is 2.54. The highest BCUT2D eigenvalue weighted by atomic mass is 19.3. The van der Waals surface area contributed by atoms with Crippen molar-refractivity contribution in [1.82, 2.24) is 15.1 Å². The van der Waals surface area contributed by atoms with Gasteiger partial charge in [0, 0.05) is 32.6 Å². The Morgan fingerprint density at radius 1 is 1.24 bits per heavy atom. The van der Waals surface area contributed by atoms with Crippen LogP contribution in [-0.2, 0) is 9.59 Å².